The molecule has 1 N–H and O–H groups in total. The van der Waals surface area contributed by atoms with E-state index in [-0.39, 0.29) is 18.5 Å². The number of hydrogen-bond donors (Lipinski definition) is 1. The molecule has 0 aliphatic carbocycles. The van der Waals surface area contributed by atoms with E-state index >= 15 is 0 Å². The largest absolute Gasteiger partial charge is 0.452 e. The molecule has 0 unspecified atom stereocenters. The van der Waals surface area contributed by atoms with Gasteiger partial charge in [-0.2, -0.15) is 0 Å². The molecule has 30 heavy (non-hydrogen) atoms. The van der Waals surface area contributed by atoms with Gasteiger partial charge in [0.25, 0.3) is 5.91 Å². The van der Waals surface area contributed by atoms with Crippen LogP contribution in [0.5, 0.6) is 0 Å². The van der Waals surface area contributed by atoms with Gasteiger partial charge in [-0.25, -0.2) is 4.79 Å². The maximum atomic E-state index is 12.7. The van der Waals surface area contributed by atoms with Crippen molar-refractivity contribution < 1.29 is 19.1 Å². The molecule has 0 saturated carbocycles. The molecule has 0 saturated heterocycles. The monoisotopic (exact) mass is 410 g/mol. The molecule has 0 radical (unpaired) electrons. The zero-order chi connectivity index (χ0) is 22.3. The Balaban J connectivity index is 2.01. The predicted octanol–water partition coefficient (Wildman–Crippen LogP) is 4.03. The van der Waals surface area contributed by atoms with Crippen LogP contribution in [-0.4, -0.2) is 41.9 Å². The number of ether oxygens (including phenoxy) is 1. The van der Waals surface area contributed by atoms with Gasteiger partial charge < -0.3 is 15.0 Å². The fourth-order valence-corrected chi connectivity index (χ4v) is 3.01. The highest BCUT2D eigenvalue weighted by molar-refractivity contribution is 5.96. The predicted molar refractivity (Wildman–Crippen MR) is 117 cm³/mol. The standard InChI is InChI=1S/C24H30N2O4/c1-6-18(4)26(14-22(27)25-21-12-8-10-17(3)19(21)5)23(28)15-30-24(29)20-11-7-9-16(2)13-20/h7-13,18H,6,14-15H2,1-5H3,(H,25,27)/t18-/m1/s1. The van der Waals surface area contributed by atoms with Gasteiger partial charge in [0.05, 0.1) is 5.56 Å². The maximum Gasteiger partial charge on any atom is 0.338 e. The molecule has 0 heterocycles. The summed E-state index contributed by atoms with van der Waals surface area (Å²) in [5, 5.41) is 2.87. The molecule has 0 fully saturated rings. The lowest BCUT2D eigenvalue weighted by molar-refractivity contribution is -0.139. The van der Waals surface area contributed by atoms with E-state index in [4.69, 9.17) is 4.74 Å². The van der Waals surface area contributed by atoms with E-state index < -0.39 is 18.5 Å². The van der Waals surface area contributed by atoms with E-state index in [0.717, 1.165) is 22.4 Å². The SMILES string of the molecule is CC[C@@H](C)N(CC(=O)Nc1cccc(C)c1C)C(=O)COC(=O)c1cccc(C)c1. The lowest BCUT2D eigenvalue weighted by Gasteiger charge is -2.28. The fourth-order valence-electron chi connectivity index (χ4n) is 3.01. The Kier molecular flexibility index (Phi) is 8.16. The highest BCUT2D eigenvalue weighted by Crippen LogP contribution is 2.18. The summed E-state index contributed by atoms with van der Waals surface area (Å²) in [7, 11) is 0. The number of nitrogens with one attached hydrogen (secondary N) is 1. The molecular formula is C24H30N2O4. The van der Waals surface area contributed by atoms with Gasteiger partial charge in [-0.3, -0.25) is 9.59 Å². The molecule has 2 rings (SSSR count). The second-order valence-corrected chi connectivity index (χ2v) is 7.52. The number of nitrogens with zero attached hydrogens (tertiary/aromatic N) is 1. The van der Waals surface area contributed by atoms with Crippen molar-refractivity contribution in [3.63, 3.8) is 0 Å². The number of amides is 2. The summed E-state index contributed by atoms with van der Waals surface area (Å²) >= 11 is 0. The number of rotatable bonds is 8. The molecule has 6 heteroatoms. The van der Waals surface area contributed by atoms with Crippen LogP contribution in [0.3, 0.4) is 0 Å². The molecule has 6 nitrogen and oxygen atoms in total. The lowest BCUT2D eigenvalue weighted by atomic mass is 10.1. The molecule has 0 bridgehead atoms. The van der Waals surface area contributed by atoms with Crippen molar-refractivity contribution in [3.8, 4) is 0 Å². The average molecular weight is 411 g/mol. The first-order chi connectivity index (χ1) is 14.2. The van der Waals surface area contributed by atoms with E-state index in [1.54, 1.807) is 18.2 Å². The first-order valence-corrected chi connectivity index (χ1v) is 10.1. The number of aryl methyl sites for hydroxylation is 2. The van der Waals surface area contributed by atoms with Gasteiger partial charge in [0.2, 0.25) is 5.91 Å². The van der Waals surface area contributed by atoms with Crippen molar-refractivity contribution in [2.75, 3.05) is 18.5 Å². The molecule has 2 amide bonds. The van der Waals surface area contributed by atoms with Gasteiger partial charge in [0, 0.05) is 11.7 Å². The van der Waals surface area contributed by atoms with Crippen molar-refractivity contribution in [1.82, 2.24) is 4.90 Å². The van der Waals surface area contributed by atoms with Crippen LogP contribution in [0.4, 0.5) is 5.69 Å². The topological polar surface area (TPSA) is 75.7 Å². The highest BCUT2D eigenvalue weighted by Gasteiger charge is 2.23. The van der Waals surface area contributed by atoms with Crippen molar-refractivity contribution in [2.24, 2.45) is 0 Å². The summed E-state index contributed by atoms with van der Waals surface area (Å²) in [6, 6.07) is 12.5. The van der Waals surface area contributed by atoms with Crippen LogP contribution < -0.4 is 5.32 Å². The fraction of sp³-hybridized carbons (Fsp3) is 0.375. The summed E-state index contributed by atoms with van der Waals surface area (Å²) in [5.41, 5.74) is 4.11. The summed E-state index contributed by atoms with van der Waals surface area (Å²) in [6.45, 7) is 9.08. The van der Waals surface area contributed by atoms with Crippen molar-refractivity contribution in [3.05, 3.63) is 64.7 Å². The van der Waals surface area contributed by atoms with Crippen LogP contribution in [0, 0.1) is 20.8 Å². The second-order valence-electron chi connectivity index (χ2n) is 7.52. The minimum absolute atomic E-state index is 0.108. The number of carbonyl (C=O) groups excluding carboxylic acids is 3. The number of esters is 1. The average Bonchev–Trinajstić information content (AvgIpc) is 2.72. The van der Waals surface area contributed by atoms with Gasteiger partial charge in [0.1, 0.15) is 6.54 Å². The summed E-state index contributed by atoms with van der Waals surface area (Å²) in [5.74, 6) is -1.25. The minimum atomic E-state index is -0.559. The molecule has 160 valence electrons. The van der Waals surface area contributed by atoms with Gasteiger partial charge in [-0.05, 0) is 63.4 Å². The van der Waals surface area contributed by atoms with Crippen LogP contribution in [0.2, 0.25) is 0 Å². The number of hydrogen-bond acceptors (Lipinski definition) is 4. The van der Waals surface area contributed by atoms with Crippen LogP contribution >= 0.6 is 0 Å². The Morgan fingerprint density at radius 2 is 1.77 bits per heavy atom. The number of benzene rings is 2. The Morgan fingerprint density at radius 1 is 1.07 bits per heavy atom. The van der Waals surface area contributed by atoms with E-state index in [9.17, 15) is 14.4 Å². The van der Waals surface area contributed by atoms with Crippen LogP contribution in [0.25, 0.3) is 0 Å². The zero-order valence-electron chi connectivity index (χ0n) is 18.3. The Morgan fingerprint density at radius 3 is 2.43 bits per heavy atom. The molecule has 2 aromatic carbocycles. The normalized spacial score (nSPS) is 11.5. The first kappa shape index (κ1) is 23.1. The third-order valence-corrected chi connectivity index (χ3v) is 5.22. The molecular weight excluding hydrogens is 380 g/mol. The van der Waals surface area contributed by atoms with Crippen LogP contribution in [0.15, 0.2) is 42.5 Å². The van der Waals surface area contributed by atoms with Crippen molar-refractivity contribution in [2.45, 2.75) is 47.1 Å². The van der Waals surface area contributed by atoms with Gasteiger partial charge in [0.15, 0.2) is 6.61 Å². The number of carbonyl (C=O) groups is 3. The van der Waals surface area contributed by atoms with Crippen LogP contribution in [0.1, 0.15) is 47.3 Å². The summed E-state index contributed by atoms with van der Waals surface area (Å²) in [4.78, 5) is 39.0. The van der Waals surface area contributed by atoms with E-state index in [1.165, 1.54) is 4.90 Å². The maximum absolute atomic E-state index is 12.7. The Bertz CT molecular complexity index is 923. The van der Waals surface area contributed by atoms with E-state index in [2.05, 4.69) is 5.32 Å². The summed E-state index contributed by atoms with van der Waals surface area (Å²) < 4.78 is 5.19. The third-order valence-electron chi connectivity index (χ3n) is 5.22. The lowest BCUT2D eigenvalue weighted by Crippen LogP contribution is -2.45. The van der Waals surface area contributed by atoms with Gasteiger partial charge >= 0.3 is 5.97 Å². The summed E-state index contributed by atoms with van der Waals surface area (Å²) in [6.07, 6.45) is 0.675. The molecule has 0 aliphatic rings. The minimum Gasteiger partial charge on any atom is -0.452 e. The quantitative estimate of drug-likeness (QED) is 0.667. The third kappa shape index (κ3) is 6.17. The van der Waals surface area contributed by atoms with Crippen molar-refractivity contribution in [1.29, 1.82) is 0 Å². The van der Waals surface area contributed by atoms with Crippen LogP contribution in [-0.2, 0) is 14.3 Å². The first-order valence-electron chi connectivity index (χ1n) is 10.1. The highest BCUT2D eigenvalue weighted by atomic mass is 16.5. The van der Waals surface area contributed by atoms with E-state index in [1.807, 2.05) is 58.9 Å². The van der Waals surface area contributed by atoms with Gasteiger partial charge in [-0.15, -0.1) is 0 Å². The Labute approximate surface area is 178 Å². The smallest absolute Gasteiger partial charge is 0.338 e. The van der Waals surface area contributed by atoms with E-state index in [0.29, 0.717) is 12.0 Å². The van der Waals surface area contributed by atoms with Crippen molar-refractivity contribution >= 4 is 23.5 Å². The Hall–Kier alpha value is -3.15. The molecule has 2 aromatic rings. The second kappa shape index (κ2) is 10.6. The zero-order valence-corrected chi connectivity index (χ0v) is 18.3. The van der Waals surface area contributed by atoms with Gasteiger partial charge in [-0.1, -0.05) is 36.8 Å². The molecule has 1 atom stereocenters. The molecule has 0 aromatic heterocycles. The molecule has 0 aliphatic heterocycles. The molecule has 0 spiro atoms. The number of anilines is 1.